The summed E-state index contributed by atoms with van der Waals surface area (Å²) in [5.74, 6) is 3.09. The van der Waals surface area contributed by atoms with E-state index in [0.717, 1.165) is 62.6 Å². The summed E-state index contributed by atoms with van der Waals surface area (Å²) in [6.07, 6.45) is 1.78. The Bertz CT molecular complexity index is 1340. The zero-order valence-corrected chi connectivity index (χ0v) is 18.9. The summed E-state index contributed by atoms with van der Waals surface area (Å²) < 4.78 is 7.69. The van der Waals surface area contributed by atoms with Crippen LogP contribution in [0, 0.1) is 6.92 Å². The van der Waals surface area contributed by atoms with Crippen LogP contribution in [0.1, 0.15) is 39.1 Å². The summed E-state index contributed by atoms with van der Waals surface area (Å²) in [6.45, 7) is 15.1. The number of anilines is 2. The van der Waals surface area contributed by atoms with Gasteiger partial charge in [-0.25, -0.2) is 14.6 Å². The fraction of sp³-hybridized carbons (Fsp3) is 0.292. The number of aromatic nitrogens is 5. The number of hydrogen-bond acceptors (Lipinski definition) is 5. The molecule has 0 bridgehead atoms. The van der Waals surface area contributed by atoms with Gasteiger partial charge in [-0.2, -0.15) is 5.10 Å². The maximum Gasteiger partial charge on any atom is 0.145 e. The molecule has 0 saturated heterocycles. The molecular weight excluding hydrogens is 388 g/mol. The van der Waals surface area contributed by atoms with Gasteiger partial charge < -0.3 is 15.0 Å². The fourth-order valence-corrected chi connectivity index (χ4v) is 4.13. The van der Waals surface area contributed by atoms with E-state index in [2.05, 4.69) is 59.9 Å². The van der Waals surface area contributed by atoms with Crippen molar-refractivity contribution in [3.63, 3.8) is 0 Å². The highest BCUT2D eigenvalue weighted by molar-refractivity contribution is 6.13. The van der Waals surface area contributed by atoms with E-state index < -0.39 is 0 Å². The van der Waals surface area contributed by atoms with E-state index in [1.807, 2.05) is 24.6 Å². The van der Waals surface area contributed by atoms with Gasteiger partial charge in [-0.05, 0) is 52.3 Å². The van der Waals surface area contributed by atoms with Crippen LogP contribution in [0.5, 0.6) is 5.75 Å². The molecule has 160 valence electrons. The predicted octanol–water partition coefficient (Wildman–Crippen LogP) is 5.76. The molecule has 0 unspecified atom stereocenters. The van der Waals surface area contributed by atoms with Gasteiger partial charge in [-0.3, -0.25) is 0 Å². The average Bonchev–Trinajstić information content (AvgIpc) is 3.29. The molecule has 3 aromatic heterocycles. The Morgan fingerprint density at radius 3 is 2.65 bits per heavy atom. The van der Waals surface area contributed by atoms with Crippen molar-refractivity contribution in [2.45, 2.75) is 41.2 Å². The smallest absolute Gasteiger partial charge is 0.145 e. The third-order valence-corrected chi connectivity index (χ3v) is 5.34. The fourth-order valence-electron chi connectivity index (χ4n) is 4.13. The van der Waals surface area contributed by atoms with Crippen LogP contribution in [-0.4, -0.2) is 31.8 Å². The zero-order valence-electron chi connectivity index (χ0n) is 18.9. The predicted molar refractivity (Wildman–Crippen MR) is 127 cm³/mol. The molecule has 7 nitrogen and oxygen atoms in total. The number of allylic oxidation sites excluding steroid dienone is 3. The molecule has 0 aliphatic carbocycles. The van der Waals surface area contributed by atoms with Gasteiger partial charge in [-0.15, -0.1) is 0 Å². The number of ether oxygens (including phenoxy) is 1. The van der Waals surface area contributed by atoms with Crippen LogP contribution in [-0.2, 0) is 6.54 Å². The molecule has 0 atom stereocenters. The highest BCUT2D eigenvalue weighted by Gasteiger charge is 2.19. The standard InChI is InChI=1S/C24H28N6O/c1-8-30-20(9-10-25-30)29-24-22-16-12-19(31-7)17(21(13(2)3)14(4)5)11-18(16)28-23(22)26-15(6)27-24/h9-12H,2,8H2,1,3-7H3,(H2,26,27,28,29). The second-order valence-electron chi connectivity index (χ2n) is 7.88. The number of nitrogens with zero attached hydrogens (tertiary/aromatic N) is 4. The van der Waals surface area contributed by atoms with Gasteiger partial charge in [0.05, 0.1) is 18.7 Å². The number of rotatable bonds is 6. The molecule has 4 aromatic rings. The highest BCUT2D eigenvalue weighted by Crippen LogP contribution is 2.39. The normalized spacial score (nSPS) is 11.2. The van der Waals surface area contributed by atoms with Crippen LogP contribution < -0.4 is 10.1 Å². The van der Waals surface area contributed by atoms with Gasteiger partial charge >= 0.3 is 0 Å². The maximum absolute atomic E-state index is 5.79. The van der Waals surface area contributed by atoms with E-state index in [4.69, 9.17) is 9.72 Å². The SMILES string of the molecule is C=C(C)C(=C(C)C)c1cc2[nH]c3nc(C)nc(Nc4ccnn4CC)c3c2cc1OC. The molecule has 7 heteroatoms. The molecule has 0 saturated carbocycles. The molecule has 0 fully saturated rings. The second-order valence-corrected chi connectivity index (χ2v) is 7.88. The molecule has 0 radical (unpaired) electrons. The van der Waals surface area contributed by atoms with Crippen molar-refractivity contribution < 1.29 is 4.74 Å². The van der Waals surface area contributed by atoms with Crippen LogP contribution in [0.15, 0.2) is 42.1 Å². The lowest BCUT2D eigenvalue weighted by Crippen LogP contribution is -2.05. The Balaban J connectivity index is 1.99. The van der Waals surface area contributed by atoms with Gasteiger partial charge in [0, 0.05) is 29.1 Å². The maximum atomic E-state index is 5.79. The number of aromatic amines is 1. The van der Waals surface area contributed by atoms with E-state index in [1.54, 1.807) is 13.3 Å². The van der Waals surface area contributed by atoms with Crippen molar-refractivity contribution in [3.05, 3.63) is 53.5 Å². The summed E-state index contributed by atoms with van der Waals surface area (Å²) in [5, 5.41) is 9.70. The van der Waals surface area contributed by atoms with Crippen LogP contribution in [0.2, 0.25) is 0 Å². The van der Waals surface area contributed by atoms with Gasteiger partial charge in [0.15, 0.2) is 0 Å². The molecular formula is C24H28N6O. The summed E-state index contributed by atoms with van der Waals surface area (Å²) >= 11 is 0. The topological polar surface area (TPSA) is 80.7 Å². The highest BCUT2D eigenvalue weighted by atomic mass is 16.5. The summed E-state index contributed by atoms with van der Waals surface area (Å²) in [4.78, 5) is 12.8. The third-order valence-electron chi connectivity index (χ3n) is 5.34. The first-order valence-electron chi connectivity index (χ1n) is 10.3. The molecule has 0 aliphatic rings. The number of hydrogen-bond donors (Lipinski definition) is 2. The molecule has 0 spiro atoms. The Kier molecular flexibility index (Phi) is 5.27. The number of benzene rings is 1. The first kappa shape index (κ1) is 20.7. The van der Waals surface area contributed by atoms with Gasteiger partial charge in [0.1, 0.15) is 28.9 Å². The minimum absolute atomic E-state index is 0.684. The second kappa shape index (κ2) is 7.91. The van der Waals surface area contributed by atoms with E-state index in [9.17, 15) is 0 Å². The minimum Gasteiger partial charge on any atom is -0.496 e. The van der Waals surface area contributed by atoms with E-state index >= 15 is 0 Å². The first-order chi connectivity index (χ1) is 14.8. The molecule has 31 heavy (non-hydrogen) atoms. The van der Waals surface area contributed by atoms with Crippen molar-refractivity contribution in [2.75, 3.05) is 12.4 Å². The Morgan fingerprint density at radius 1 is 1.23 bits per heavy atom. The zero-order chi connectivity index (χ0) is 22.3. The third kappa shape index (κ3) is 3.56. The lowest BCUT2D eigenvalue weighted by atomic mass is 9.94. The van der Waals surface area contributed by atoms with Gasteiger partial charge in [0.25, 0.3) is 0 Å². The van der Waals surface area contributed by atoms with Crippen LogP contribution in [0.25, 0.3) is 27.5 Å². The monoisotopic (exact) mass is 416 g/mol. The van der Waals surface area contributed by atoms with Crippen molar-refractivity contribution in [1.82, 2.24) is 24.7 Å². The summed E-state index contributed by atoms with van der Waals surface area (Å²) in [7, 11) is 1.69. The lowest BCUT2D eigenvalue weighted by molar-refractivity contribution is 0.414. The lowest BCUT2D eigenvalue weighted by Gasteiger charge is -2.15. The Labute approximate surface area is 181 Å². The molecule has 1 aromatic carbocycles. The first-order valence-corrected chi connectivity index (χ1v) is 10.3. The van der Waals surface area contributed by atoms with Crippen molar-refractivity contribution in [2.24, 2.45) is 0 Å². The Hall–Kier alpha value is -3.61. The van der Waals surface area contributed by atoms with Crippen LogP contribution >= 0.6 is 0 Å². The van der Waals surface area contributed by atoms with E-state index in [0.29, 0.717) is 5.82 Å². The number of nitrogens with one attached hydrogen (secondary N) is 2. The largest absolute Gasteiger partial charge is 0.496 e. The summed E-state index contributed by atoms with van der Waals surface area (Å²) in [6, 6.07) is 6.10. The van der Waals surface area contributed by atoms with E-state index in [-0.39, 0.29) is 0 Å². The van der Waals surface area contributed by atoms with Crippen molar-refractivity contribution >= 4 is 39.1 Å². The van der Waals surface area contributed by atoms with Crippen molar-refractivity contribution in [1.29, 1.82) is 0 Å². The summed E-state index contributed by atoms with van der Waals surface area (Å²) in [5.41, 5.74) is 6.05. The van der Waals surface area contributed by atoms with Gasteiger partial charge in [0.2, 0.25) is 0 Å². The number of aryl methyl sites for hydroxylation is 2. The molecule has 4 rings (SSSR count). The molecule has 2 N–H and O–H groups in total. The van der Waals surface area contributed by atoms with Gasteiger partial charge in [-0.1, -0.05) is 17.7 Å². The molecule has 3 heterocycles. The number of fused-ring (bicyclic) bond motifs is 3. The van der Waals surface area contributed by atoms with E-state index in [1.165, 1.54) is 5.57 Å². The average molecular weight is 417 g/mol. The molecule has 0 amide bonds. The molecule has 0 aliphatic heterocycles. The Morgan fingerprint density at radius 2 is 2.00 bits per heavy atom. The number of methoxy groups -OCH3 is 1. The quantitative estimate of drug-likeness (QED) is 0.391. The minimum atomic E-state index is 0.684. The van der Waals surface area contributed by atoms with Crippen LogP contribution in [0.4, 0.5) is 11.6 Å². The van der Waals surface area contributed by atoms with Crippen molar-refractivity contribution in [3.8, 4) is 5.75 Å². The van der Waals surface area contributed by atoms with Crippen LogP contribution in [0.3, 0.4) is 0 Å². The number of H-pyrrole nitrogens is 1.